The number of carbonyl (C=O) groups excluding carboxylic acids is 3. The van der Waals surface area contributed by atoms with E-state index in [0.29, 0.717) is 22.4 Å². The van der Waals surface area contributed by atoms with Gasteiger partial charge in [0.15, 0.2) is 11.5 Å². The maximum atomic E-state index is 13.1. The van der Waals surface area contributed by atoms with Crippen molar-refractivity contribution in [2.75, 3.05) is 7.11 Å². The van der Waals surface area contributed by atoms with Gasteiger partial charge in [-0.1, -0.05) is 36.4 Å². The van der Waals surface area contributed by atoms with E-state index in [0.717, 1.165) is 16.7 Å². The summed E-state index contributed by atoms with van der Waals surface area (Å²) in [6, 6.07) is 19.0. The van der Waals surface area contributed by atoms with E-state index in [9.17, 15) is 18.8 Å². The molecule has 0 radical (unpaired) electrons. The van der Waals surface area contributed by atoms with Gasteiger partial charge in [0.05, 0.1) is 24.1 Å². The van der Waals surface area contributed by atoms with Gasteiger partial charge in [0.2, 0.25) is 0 Å². The van der Waals surface area contributed by atoms with Gasteiger partial charge in [-0.25, -0.2) is 9.18 Å². The molecule has 1 saturated heterocycles. The number of hydrogen-bond donors (Lipinski definition) is 0. The lowest BCUT2D eigenvalue weighted by Crippen LogP contribution is -2.27. The van der Waals surface area contributed by atoms with Gasteiger partial charge in [-0.3, -0.25) is 14.5 Å². The molecule has 33 heavy (non-hydrogen) atoms. The summed E-state index contributed by atoms with van der Waals surface area (Å²) in [5.41, 5.74) is 1.57. The zero-order chi connectivity index (χ0) is 23.4. The van der Waals surface area contributed by atoms with Crippen molar-refractivity contribution in [2.24, 2.45) is 0 Å². The third-order valence-corrected chi connectivity index (χ3v) is 5.73. The third kappa shape index (κ3) is 5.12. The van der Waals surface area contributed by atoms with Gasteiger partial charge in [-0.05, 0) is 65.4 Å². The fourth-order valence-electron chi connectivity index (χ4n) is 3.16. The Labute approximate surface area is 193 Å². The second kappa shape index (κ2) is 9.70. The van der Waals surface area contributed by atoms with Crippen molar-refractivity contribution in [1.29, 1.82) is 0 Å². The summed E-state index contributed by atoms with van der Waals surface area (Å²) in [5, 5.41) is -0.417. The highest BCUT2D eigenvalue weighted by Crippen LogP contribution is 2.35. The van der Waals surface area contributed by atoms with Crippen LogP contribution in [0.25, 0.3) is 6.08 Å². The van der Waals surface area contributed by atoms with Crippen molar-refractivity contribution in [1.82, 2.24) is 4.90 Å². The highest BCUT2D eigenvalue weighted by atomic mass is 32.2. The standard InChI is InChI=1S/C25H18FNO5S/c1-31-20-12-9-17(13-21(20)32-24(29)18-5-3-2-4-6-18)14-22-23(28)27(25(30)33-22)15-16-7-10-19(26)11-8-16/h2-14H,15H2,1H3/b22-14-. The molecule has 3 aromatic rings. The topological polar surface area (TPSA) is 72.9 Å². The van der Waals surface area contributed by atoms with Crippen molar-refractivity contribution in [3.63, 3.8) is 0 Å². The van der Waals surface area contributed by atoms with Crippen LogP contribution in [0.15, 0.2) is 77.7 Å². The molecule has 3 aromatic carbocycles. The number of carbonyl (C=O) groups is 3. The van der Waals surface area contributed by atoms with E-state index in [1.807, 2.05) is 0 Å². The molecule has 4 rings (SSSR count). The quantitative estimate of drug-likeness (QED) is 0.281. The lowest BCUT2D eigenvalue weighted by molar-refractivity contribution is -0.123. The summed E-state index contributed by atoms with van der Waals surface area (Å²) in [4.78, 5) is 39.0. The molecule has 2 amide bonds. The van der Waals surface area contributed by atoms with Crippen LogP contribution < -0.4 is 9.47 Å². The van der Waals surface area contributed by atoms with Crippen molar-refractivity contribution in [3.8, 4) is 11.5 Å². The second-order valence-corrected chi connectivity index (χ2v) is 8.05. The lowest BCUT2D eigenvalue weighted by Gasteiger charge is -2.12. The molecule has 0 spiro atoms. The molecule has 0 atom stereocenters. The summed E-state index contributed by atoms with van der Waals surface area (Å²) in [6.45, 7) is 0.0465. The van der Waals surface area contributed by atoms with E-state index in [-0.39, 0.29) is 17.2 Å². The Kier molecular flexibility index (Phi) is 6.55. The molecule has 1 heterocycles. The molecule has 0 aliphatic carbocycles. The number of nitrogens with zero attached hydrogens (tertiary/aromatic N) is 1. The fourth-order valence-corrected chi connectivity index (χ4v) is 3.99. The average molecular weight is 463 g/mol. The molecular weight excluding hydrogens is 445 g/mol. The molecule has 0 saturated carbocycles. The Morgan fingerprint density at radius 2 is 1.73 bits per heavy atom. The number of benzene rings is 3. The maximum absolute atomic E-state index is 13.1. The summed E-state index contributed by atoms with van der Waals surface area (Å²) in [6.07, 6.45) is 1.55. The zero-order valence-electron chi connectivity index (χ0n) is 17.5. The first-order chi connectivity index (χ1) is 15.9. The number of imide groups is 1. The molecule has 1 aliphatic heterocycles. The molecule has 0 bridgehead atoms. The average Bonchev–Trinajstić information content (AvgIpc) is 3.08. The van der Waals surface area contributed by atoms with Crippen LogP contribution in [0.2, 0.25) is 0 Å². The fraction of sp³-hybridized carbons (Fsp3) is 0.0800. The first-order valence-corrected chi connectivity index (χ1v) is 10.7. The Morgan fingerprint density at radius 1 is 1.00 bits per heavy atom. The molecule has 6 nitrogen and oxygen atoms in total. The number of ether oxygens (including phenoxy) is 2. The summed E-state index contributed by atoms with van der Waals surface area (Å²) < 4.78 is 23.9. The highest BCUT2D eigenvalue weighted by Gasteiger charge is 2.35. The monoisotopic (exact) mass is 463 g/mol. The zero-order valence-corrected chi connectivity index (χ0v) is 18.3. The molecule has 0 unspecified atom stereocenters. The summed E-state index contributed by atoms with van der Waals surface area (Å²) in [5.74, 6) is -0.860. The summed E-state index contributed by atoms with van der Waals surface area (Å²) in [7, 11) is 1.45. The minimum atomic E-state index is -0.550. The minimum Gasteiger partial charge on any atom is -0.493 e. The minimum absolute atomic E-state index is 0.0465. The van der Waals surface area contributed by atoms with Crippen molar-refractivity contribution >= 4 is 35.0 Å². The third-order valence-electron chi connectivity index (χ3n) is 4.83. The van der Waals surface area contributed by atoms with Crippen molar-refractivity contribution < 1.29 is 28.2 Å². The Bertz CT molecular complexity index is 1240. The molecular formula is C25H18FNO5S. The van der Waals surface area contributed by atoms with Crippen LogP contribution in [0.5, 0.6) is 11.5 Å². The maximum Gasteiger partial charge on any atom is 0.343 e. The van der Waals surface area contributed by atoms with Gasteiger partial charge < -0.3 is 9.47 Å². The van der Waals surface area contributed by atoms with Gasteiger partial charge in [0.25, 0.3) is 11.1 Å². The number of methoxy groups -OCH3 is 1. The van der Waals surface area contributed by atoms with E-state index in [2.05, 4.69) is 0 Å². The van der Waals surface area contributed by atoms with Crippen LogP contribution in [-0.4, -0.2) is 29.1 Å². The molecule has 0 N–H and O–H groups in total. The van der Waals surface area contributed by atoms with E-state index in [1.54, 1.807) is 54.6 Å². The normalized spacial score (nSPS) is 14.6. The van der Waals surface area contributed by atoms with Crippen LogP contribution >= 0.6 is 11.8 Å². The summed E-state index contributed by atoms with van der Waals surface area (Å²) >= 11 is 0.811. The Hall–Kier alpha value is -3.91. The van der Waals surface area contributed by atoms with Crippen LogP contribution in [0.3, 0.4) is 0 Å². The predicted octanol–water partition coefficient (Wildman–Crippen LogP) is 5.29. The van der Waals surface area contributed by atoms with Gasteiger partial charge in [-0.2, -0.15) is 0 Å². The largest absolute Gasteiger partial charge is 0.493 e. The first-order valence-electron chi connectivity index (χ1n) is 9.89. The van der Waals surface area contributed by atoms with Gasteiger partial charge >= 0.3 is 5.97 Å². The van der Waals surface area contributed by atoms with E-state index in [4.69, 9.17) is 9.47 Å². The Morgan fingerprint density at radius 3 is 2.42 bits per heavy atom. The van der Waals surface area contributed by atoms with Crippen molar-refractivity contribution in [3.05, 3.63) is 100 Å². The molecule has 8 heteroatoms. The van der Waals surface area contributed by atoms with Crippen LogP contribution in [0, 0.1) is 5.82 Å². The number of hydrogen-bond acceptors (Lipinski definition) is 6. The number of rotatable bonds is 6. The van der Waals surface area contributed by atoms with Crippen LogP contribution in [-0.2, 0) is 11.3 Å². The highest BCUT2D eigenvalue weighted by molar-refractivity contribution is 8.18. The molecule has 1 fully saturated rings. The van der Waals surface area contributed by atoms with Gasteiger partial charge in [0.1, 0.15) is 5.82 Å². The van der Waals surface area contributed by atoms with Crippen LogP contribution in [0.4, 0.5) is 9.18 Å². The first kappa shape index (κ1) is 22.3. The van der Waals surface area contributed by atoms with Crippen LogP contribution in [0.1, 0.15) is 21.5 Å². The lowest BCUT2D eigenvalue weighted by atomic mass is 10.1. The van der Waals surface area contributed by atoms with E-state index in [1.165, 1.54) is 31.4 Å². The van der Waals surface area contributed by atoms with Gasteiger partial charge in [-0.15, -0.1) is 0 Å². The number of esters is 1. The van der Waals surface area contributed by atoms with Crippen molar-refractivity contribution in [2.45, 2.75) is 6.54 Å². The molecule has 166 valence electrons. The number of halogens is 1. The van der Waals surface area contributed by atoms with Gasteiger partial charge in [0, 0.05) is 0 Å². The smallest absolute Gasteiger partial charge is 0.343 e. The number of amides is 2. The Balaban J connectivity index is 1.55. The second-order valence-electron chi connectivity index (χ2n) is 7.06. The SMILES string of the molecule is COc1ccc(/C=C2\SC(=O)N(Cc3ccc(F)cc3)C2=O)cc1OC(=O)c1ccccc1. The molecule has 0 aromatic heterocycles. The number of thioether (sulfide) groups is 1. The predicted molar refractivity (Wildman–Crippen MR) is 122 cm³/mol. The van der Waals surface area contributed by atoms with E-state index >= 15 is 0 Å². The van der Waals surface area contributed by atoms with E-state index < -0.39 is 22.9 Å². The molecule has 1 aliphatic rings.